The fraction of sp³-hybridized carbons (Fsp3) is 0.111. The summed E-state index contributed by atoms with van der Waals surface area (Å²) in [5.41, 5.74) is 1.98. The maximum atomic E-state index is 12.6. The number of nitrogens with zero attached hydrogens (tertiary/aromatic N) is 2. The van der Waals surface area contributed by atoms with E-state index >= 15 is 0 Å². The minimum absolute atomic E-state index is 0.0109. The van der Waals surface area contributed by atoms with Crippen molar-refractivity contribution in [3.8, 4) is 17.3 Å². The number of nitrogens with one attached hydrogen (secondary N) is 2. The third-order valence-corrected chi connectivity index (χ3v) is 5.64. The molecule has 0 aliphatic rings. The zero-order chi connectivity index (χ0) is 18.7. The first kappa shape index (κ1) is 18.1. The number of hydrogen-bond acceptors (Lipinski definition) is 4. The molecule has 6 nitrogen and oxygen atoms in total. The van der Waals surface area contributed by atoms with Crippen molar-refractivity contribution in [2.45, 2.75) is 17.9 Å². The smallest absolute Gasteiger partial charge is 0.241 e. The van der Waals surface area contributed by atoms with Crippen molar-refractivity contribution < 1.29 is 8.42 Å². The van der Waals surface area contributed by atoms with E-state index in [1.165, 1.54) is 18.2 Å². The molecular formula is C18H15ClN4O2S. The molecule has 0 spiro atoms. The Balaban J connectivity index is 1.81. The van der Waals surface area contributed by atoms with Gasteiger partial charge in [0.2, 0.25) is 10.0 Å². The highest BCUT2D eigenvalue weighted by molar-refractivity contribution is 7.89. The first-order valence-electron chi connectivity index (χ1n) is 7.73. The van der Waals surface area contributed by atoms with Crippen molar-refractivity contribution in [2.24, 2.45) is 0 Å². The molecule has 2 N–H and O–H groups in total. The average Bonchev–Trinajstić information content (AvgIpc) is 3.12. The number of rotatable bonds is 5. The van der Waals surface area contributed by atoms with Crippen molar-refractivity contribution in [1.29, 1.82) is 5.26 Å². The number of H-pyrrole nitrogens is 1. The lowest BCUT2D eigenvalue weighted by molar-refractivity contribution is 0.561. The number of halogens is 1. The zero-order valence-electron chi connectivity index (χ0n) is 13.8. The molecule has 0 radical (unpaired) electrons. The standard InChI is InChI=1S/C18H15ClN4O2S/c1-12(18-21-11-17(22-18)13-5-3-2-4-6-13)23-26(24,25)15-8-7-14(10-20)16(19)9-15/h2-9,11-12,23H,1H3,(H,21,22)/t12-/m0/s1. The van der Waals surface area contributed by atoms with Crippen LogP contribution in [0, 0.1) is 11.3 Å². The number of imidazole rings is 1. The van der Waals surface area contributed by atoms with E-state index in [2.05, 4.69) is 14.7 Å². The summed E-state index contributed by atoms with van der Waals surface area (Å²) in [6.45, 7) is 1.69. The van der Waals surface area contributed by atoms with Gasteiger partial charge < -0.3 is 4.98 Å². The van der Waals surface area contributed by atoms with E-state index in [0.717, 1.165) is 11.3 Å². The molecule has 132 valence electrons. The molecule has 1 atom stereocenters. The van der Waals surface area contributed by atoms with Crippen LogP contribution in [0.4, 0.5) is 0 Å². The number of nitriles is 1. The normalized spacial score (nSPS) is 12.5. The molecule has 1 heterocycles. The van der Waals surface area contributed by atoms with Crippen LogP contribution in [0.25, 0.3) is 11.3 Å². The minimum atomic E-state index is -3.81. The molecule has 0 aliphatic carbocycles. The van der Waals surface area contributed by atoms with Gasteiger partial charge in [0.05, 0.1) is 33.4 Å². The fourth-order valence-electron chi connectivity index (χ4n) is 2.43. The summed E-state index contributed by atoms with van der Waals surface area (Å²) >= 11 is 5.93. The Labute approximate surface area is 156 Å². The first-order chi connectivity index (χ1) is 12.4. The molecule has 1 aromatic heterocycles. The molecule has 3 rings (SSSR count). The van der Waals surface area contributed by atoms with Gasteiger partial charge in [0.25, 0.3) is 0 Å². The Morgan fingerprint density at radius 3 is 2.62 bits per heavy atom. The van der Waals surface area contributed by atoms with E-state index < -0.39 is 16.1 Å². The average molecular weight is 387 g/mol. The summed E-state index contributed by atoms with van der Waals surface area (Å²) in [6.07, 6.45) is 1.66. The molecule has 3 aromatic rings. The Kier molecular flexibility index (Phi) is 5.09. The van der Waals surface area contributed by atoms with Gasteiger partial charge in [-0.2, -0.15) is 5.26 Å². The molecule has 0 aliphatic heterocycles. The van der Waals surface area contributed by atoms with Crippen molar-refractivity contribution in [3.63, 3.8) is 0 Å². The summed E-state index contributed by atoms with van der Waals surface area (Å²) in [4.78, 5) is 7.38. The second kappa shape index (κ2) is 7.30. The Hall–Kier alpha value is -2.66. The molecule has 0 amide bonds. The van der Waals surface area contributed by atoms with Crippen molar-refractivity contribution in [1.82, 2.24) is 14.7 Å². The second-order valence-corrected chi connectivity index (χ2v) is 7.77. The molecule has 2 aromatic carbocycles. The molecule has 0 saturated carbocycles. The lowest BCUT2D eigenvalue weighted by Crippen LogP contribution is -2.27. The summed E-state index contributed by atoms with van der Waals surface area (Å²) < 4.78 is 27.7. The molecule has 0 bridgehead atoms. The van der Waals surface area contributed by atoms with E-state index in [9.17, 15) is 8.42 Å². The monoisotopic (exact) mass is 386 g/mol. The number of sulfonamides is 1. The first-order valence-corrected chi connectivity index (χ1v) is 9.59. The van der Waals surface area contributed by atoms with Gasteiger partial charge in [-0.1, -0.05) is 41.9 Å². The van der Waals surface area contributed by atoms with Crippen LogP contribution < -0.4 is 4.72 Å². The van der Waals surface area contributed by atoms with Crippen LogP contribution in [0.2, 0.25) is 5.02 Å². The van der Waals surface area contributed by atoms with Gasteiger partial charge >= 0.3 is 0 Å². The van der Waals surface area contributed by atoms with Gasteiger partial charge in [0, 0.05) is 0 Å². The zero-order valence-corrected chi connectivity index (χ0v) is 15.3. The molecule has 0 saturated heterocycles. The van der Waals surface area contributed by atoms with Gasteiger partial charge in [-0.3, -0.25) is 0 Å². The SMILES string of the molecule is C[C@H](NS(=O)(=O)c1ccc(C#N)c(Cl)c1)c1ncc(-c2ccccc2)[nH]1. The summed E-state index contributed by atoms with van der Waals surface area (Å²) in [5, 5.41) is 8.98. The maximum absolute atomic E-state index is 12.6. The van der Waals surface area contributed by atoms with E-state index in [1.807, 2.05) is 36.4 Å². The van der Waals surface area contributed by atoms with E-state index in [4.69, 9.17) is 16.9 Å². The molecule has 0 unspecified atom stereocenters. The lowest BCUT2D eigenvalue weighted by atomic mass is 10.2. The third-order valence-electron chi connectivity index (χ3n) is 3.79. The highest BCUT2D eigenvalue weighted by atomic mass is 35.5. The van der Waals surface area contributed by atoms with Crippen LogP contribution >= 0.6 is 11.6 Å². The molecular weight excluding hydrogens is 372 g/mol. The fourth-order valence-corrected chi connectivity index (χ4v) is 3.95. The topological polar surface area (TPSA) is 98.6 Å². The van der Waals surface area contributed by atoms with Gasteiger partial charge in [0.1, 0.15) is 11.9 Å². The number of benzene rings is 2. The second-order valence-electron chi connectivity index (χ2n) is 5.64. The molecule has 0 fully saturated rings. The third kappa shape index (κ3) is 3.78. The number of aromatic amines is 1. The minimum Gasteiger partial charge on any atom is -0.341 e. The van der Waals surface area contributed by atoms with Gasteiger partial charge in [-0.25, -0.2) is 18.1 Å². The largest absolute Gasteiger partial charge is 0.341 e. The van der Waals surface area contributed by atoms with Crippen molar-refractivity contribution in [3.05, 3.63) is 71.1 Å². The van der Waals surface area contributed by atoms with Crippen LogP contribution in [-0.2, 0) is 10.0 Å². The van der Waals surface area contributed by atoms with Crippen molar-refractivity contribution in [2.75, 3.05) is 0 Å². The van der Waals surface area contributed by atoms with Crippen LogP contribution in [-0.4, -0.2) is 18.4 Å². The van der Waals surface area contributed by atoms with Crippen molar-refractivity contribution >= 4 is 21.6 Å². The van der Waals surface area contributed by atoms with Crippen LogP contribution in [0.5, 0.6) is 0 Å². The van der Waals surface area contributed by atoms with Gasteiger partial charge in [0.15, 0.2) is 0 Å². The summed E-state index contributed by atoms with van der Waals surface area (Å²) in [7, 11) is -3.81. The Morgan fingerprint density at radius 1 is 1.23 bits per heavy atom. The molecule has 26 heavy (non-hydrogen) atoms. The number of hydrogen-bond donors (Lipinski definition) is 2. The highest BCUT2D eigenvalue weighted by Gasteiger charge is 2.21. The van der Waals surface area contributed by atoms with Crippen LogP contribution in [0.3, 0.4) is 0 Å². The quantitative estimate of drug-likeness (QED) is 0.699. The summed E-state index contributed by atoms with van der Waals surface area (Å²) in [6, 6.07) is 14.9. The Morgan fingerprint density at radius 2 is 1.96 bits per heavy atom. The predicted octanol–water partition coefficient (Wildman–Crippen LogP) is 3.64. The van der Waals surface area contributed by atoms with Crippen LogP contribution in [0.15, 0.2) is 59.6 Å². The lowest BCUT2D eigenvalue weighted by Gasteiger charge is -2.12. The van der Waals surface area contributed by atoms with Gasteiger partial charge in [-0.15, -0.1) is 0 Å². The van der Waals surface area contributed by atoms with E-state index in [1.54, 1.807) is 13.1 Å². The summed E-state index contributed by atoms with van der Waals surface area (Å²) in [5.74, 6) is 0.493. The molecule has 8 heteroatoms. The maximum Gasteiger partial charge on any atom is 0.241 e. The van der Waals surface area contributed by atoms with E-state index in [0.29, 0.717) is 5.82 Å². The van der Waals surface area contributed by atoms with E-state index in [-0.39, 0.29) is 15.5 Å². The van der Waals surface area contributed by atoms with Gasteiger partial charge in [-0.05, 0) is 30.7 Å². The predicted molar refractivity (Wildman–Crippen MR) is 98.9 cm³/mol. The Bertz CT molecular complexity index is 1070. The number of aromatic nitrogens is 2. The van der Waals surface area contributed by atoms with Crippen LogP contribution in [0.1, 0.15) is 24.4 Å². The highest BCUT2D eigenvalue weighted by Crippen LogP contribution is 2.23.